The van der Waals surface area contributed by atoms with E-state index in [4.69, 9.17) is 4.42 Å². The molecule has 1 aromatic carbocycles. The summed E-state index contributed by atoms with van der Waals surface area (Å²) in [5.74, 6) is -0.0271. The predicted molar refractivity (Wildman–Crippen MR) is 82.5 cm³/mol. The summed E-state index contributed by atoms with van der Waals surface area (Å²) >= 11 is 3.16. The van der Waals surface area contributed by atoms with Crippen LogP contribution in [0, 0.1) is 0 Å². The van der Waals surface area contributed by atoms with E-state index in [0.29, 0.717) is 16.9 Å². The zero-order valence-electron chi connectivity index (χ0n) is 11.4. The number of furan rings is 1. The van der Waals surface area contributed by atoms with Gasteiger partial charge in [-0.15, -0.1) is 0 Å². The highest BCUT2D eigenvalue weighted by Gasteiger charge is 2.22. The molecule has 1 N–H and O–H groups in total. The summed E-state index contributed by atoms with van der Waals surface area (Å²) in [5, 5.41) is 2.79. The molecule has 3 rings (SSSR count). The van der Waals surface area contributed by atoms with Gasteiger partial charge in [0.05, 0.1) is 0 Å². The van der Waals surface area contributed by atoms with Gasteiger partial charge in [0, 0.05) is 24.8 Å². The van der Waals surface area contributed by atoms with Gasteiger partial charge in [0.1, 0.15) is 0 Å². The fraction of sp³-hybridized carbons (Fsp3) is 0.200. The maximum absolute atomic E-state index is 12.0. The van der Waals surface area contributed by atoms with E-state index in [0.717, 1.165) is 17.7 Å². The minimum atomic E-state index is -0.304. The van der Waals surface area contributed by atoms with E-state index < -0.39 is 0 Å². The number of fused-ring (bicyclic) bond motifs is 1. The van der Waals surface area contributed by atoms with Crippen LogP contribution in [0.25, 0.3) is 0 Å². The van der Waals surface area contributed by atoms with Crippen LogP contribution in [-0.2, 0) is 11.2 Å². The SMILES string of the molecule is CC(=O)N1CCc2cc(NC(=O)c3ccc(Br)o3)ccc21. The maximum Gasteiger partial charge on any atom is 0.291 e. The van der Waals surface area contributed by atoms with Gasteiger partial charge in [-0.2, -0.15) is 0 Å². The van der Waals surface area contributed by atoms with Gasteiger partial charge in [-0.3, -0.25) is 9.59 Å². The smallest absolute Gasteiger partial charge is 0.291 e. The lowest BCUT2D eigenvalue weighted by Crippen LogP contribution is -2.25. The predicted octanol–water partition coefficient (Wildman–Crippen LogP) is 3.20. The highest BCUT2D eigenvalue weighted by atomic mass is 79.9. The van der Waals surface area contributed by atoms with Crippen LogP contribution in [-0.4, -0.2) is 18.4 Å². The molecule has 5 nitrogen and oxygen atoms in total. The molecule has 0 radical (unpaired) electrons. The summed E-state index contributed by atoms with van der Waals surface area (Å²) in [6.07, 6.45) is 0.797. The third-order valence-corrected chi connectivity index (χ3v) is 3.84. The molecule has 108 valence electrons. The van der Waals surface area contributed by atoms with Crippen molar-refractivity contribution in [3.05, 3.63) is 46.3 Å². The average molecular weight is 349 g/mol. The van der Waals surface area contributed by atoms with E-state index in [2.05, 4.69) is 21.2 Å². The zero-order valence-corrected chi connectivity index (χ0v) is 12.9. The molecule has 0 bridgehead atoms. The minimum absolute atomic E-state index is 0.0333. The van der Waals surface area contributed by atoms with Crippen molar-refractivity contribution in [3.8, 4) is 0 Å². The highest BCUT2D eigenvalue weighted by molar-refractivity contribution is 9.10. The number of nitrogens with zero attached hydrogens (tertiary/aromatic N) is 1. The van der Waals surface area contributed by atoms with Gasteiger partial charge in [-0.05, 0) is 58.2 Å². The summed E-state index contributed by atoms with van der Waals surface area (Å²) in [7, 11) is 0. The van der Waals surface area contributed by atoms with Gasteiger partial charge in [0.25, 0.3) is 5.91 Å². The van der Waals surface area contributed by atoms with Gasteiger partial charge >= 0.3 is 0 Å². The molecule has 2 heterocycles. The van der Waals surface area contributed by atoms with Crippen molar-refractivity contribution < 1.29 is 14.0 Å². The molecule has 0 fully saturated rings. The zero-order chi connectivity index (χ0) is 15.0. The van der Waals surface area contributed by atoms with Crippen LogP contribution in [0.2, 0.25) is 0 Å². The molecule has 0 atom stereocenters. The number of hydrogen-bond donors (Lipinski definition) is 1. The van der Waals surface area contributed by atoms with Crippen LogP contribution in [0.5, 0.6) is 0 Å². The van der Waals surface area contributed by atoms with E-state index in [9.17, 15) is 9.59 Å². The monoisotopic (exact) mass is 348 g/mol. The number of carbonyl (C=O) groups excluding carboxylic acids is 2. The first-order valence-electron chi connectivity index (χ1n) is 6.52. The number of nitrogens with one attached hydrogen (secondary N) is 1. The molecule has 1 aliphatic rings. The molecular weight excluding hydrogens is 336 g/mol. The van der Waals surface area contributed by atoms with E-state index >= 15 is 0 Å². The highest BCUT2D eigenvalue weighted by Crippen LogP contribution is 2.30. The molecule has 1 aromatic heterocycles. The molecule has 0 unspecified atom stereocenters. The second-order valence-corrected chi connectivity index (χ2v) is 5.60. The van der Waals surface area contributed by atoms with Crippen molar-refractivity contribution in [3.63, 3.8) is 0 Å². The van der Waals surface area contributed by atoms with E-state index in [1.54, 1.807) is 30.0 Å². The van der Waals surface area contributed by atoms with Gasteiger partial charge in [0.15, 0.2) is 10.4 Å². The number of rotatable bonds is 2. The van der Waals surface area contributed by atoms with Gasteiger partial charge in [0.2, 0.25) is 5.91 Å². The van der Waals surface area contributed by atoms with Crippen molar-refractivity contribution in [2.75, 3.05) is 16.8 Å². The number of anilines is 2. The van der Waals surface area contributed by atoms with Crippen LogP contribution < -0.4 is 10.2 Å². The Balaban J connectivity index is 1.79. The standard InChI is InChI=1S/C15H13BrN2O3/c1-9(19)18-7-6-10-8-11(2-3-12(10)18)17-15(20)13-4-5-14(16)21-13/h2-5,8H,6-7H2,1H3,(H,17,20). The molecule has 0 aliphatic carbocycles. The fourth-order valence-corrected chi connectivity index (χ4v) is 2.74. The Morgan fingerprint density at radius 2 is 2.10 bits per heavy atom. The van der Waals surface area contributed by atoms with Crippen LogP contribution in [0.4, 0.5) is 11.4 Å². The van der Waals surface area contributed by atoms with Crippen LogP contribution in [0.1, 0.15) is 23.0 Å². The Hall–Kier alpha value is -2.08. The van der Waals surface area contributed by atoms with Gasteiger partial charge in [-0.1, -0.05) is 0 Å². The lowest BCUT2D eigenvalue weighted by atomic mass is 10.1. The quantitative estimate of drug-likeness (QED) is 0.906. The molecular formula is C15H13BrN2O3. The molecule has 1 aliphatic heterocycles. The molecule has 0 spiro atoms. The first kappa shape index (κ1) is 13.9. The number of hydrogen-bond acceptors (Lipinski definition) is 3. The first-order chi connectivity index (χ1) is 10.0. The van der Waals surface area contributed by atoms with Crippen LogP contribution in [0.3, 0.4) is 0 Å². The summed E-state index contributed by atoms with van der Waals surface area (Å²) in [6, 6.07) is 8.81. The molecule has 21 heavy (non-hydrogen) atoms. The third-order valence-electron chi connectivity index (χ3n) is 3.41. The lowest BCUT2D eigenvalue weighted by Gasteiger charge is -2.14. The summed E-state index contributed by atoms with van der Waals surface area (Å²) in [5.41, 5.74) is 2.67. The Labute approximate surface area is 130 Å². The van der Waals surface area contributed by atoms with Crippen LogP contribution >= 0.6 is 15.9 Å². The number of benzene rings is 1. The Kier molecular flexibility index (Phi) is 3.55. The van der Waals surface area contributed by atoms with Gasteiger partial charge < -0.3 is 14.6 Å². The summed E-state index contributed by atoms with van der Waals surface area (Å²) < 4.78 is 5.72. The normalized spacial score (nSPS) is 13.1. The van der Waals surface area contributed by atoms with Crippen molar-refractivity contribution in [2.45, 2.75) is 13.3 Å². The largest absolute Gasteiger partial charge is 0.444 e. The van der Waals surface area contributed by atoms with Crippen molar-refractivity contribution >= 4 is 39.1 Å². The van der Waals surface area contributed by atoms with E-state index in [1.807, 2.05) is 12.1 Å². The molecule has 2 amide bonds. The van der Waals surface area contributed by atoms with Crippen molar-refractivity contribution in [2.24, 2.45) is 0 Å². The van der Waals surface area contributed by atoms with Crippen molar-refractivity contribution in [1.82, 2.24) is 0 Å². The molecule has 0 saturated heterocycles. The van der Waals surface area contributed by atoms with Gasteiger partial charge in [-0.25, -0.2) is 0 Å². The number of halogens is 1. The number of carbonyl (C=O) groups is 2. The third kappa shape index (κ3) is 2.71. The molecule has 6 heteroatoms. The maximum atomic E-state index is 12.0. The average Bonchev–Trinajstić information content (AvgIpc) is 3.04. The topological polar surface area (TPSA) is 62.6 Å². The summed E-state index contributed by atoms with van der Waals surface area (Å²) in [6.45, 7) is 2.24. The molecule has 2 aromatic rings. The van der Waals surface area contributed by atoms with E-state index in [1.165, 1.54) is 0 Å². The number of amides is 2. The molecule has 0 saturated carbocycles. The van der Waals surface area contributed by atoms with E-state index in [-0.39, 0.29) is 17.6 Å². The Bertz CT molecular complexity index is 723. The summed E-state index contributed by atoms with van der Waals surface area (Å²) in [4.78, 5) is 25.2. The fourth-order valence-electron chi connectivity index (χ4n) is 2.44. The lowest BCUT2D eigenvalue weighted by molar-refractivity contribution is -0.116. The second kappa shape index (κ2) is 5.37. The van der Waals surface area contributed by atoms with Crippen LogP contribution in [0.15, 0.2) is 39.4 Å². The minimum Gasteiger partial charge on any atom is -0.444 e. The first-order valence-corrected chi connectivity index (χ1v) is 7.31. The Morgan fingerprint density at radius 1 is 1.29 bits per heavy atom. The second-order valence-electron chi connectivity index (χ2n) is 4.82. The Morgan fingerprint density at radius 3 is 2.76 bits per heavy atom. The van der Waals surface area contributed by atoms with Crippen molar-refractivity contribution in [1.29, 1.82) is 0 Å².